The highest BCUT2D eigenvalue weighted by Gasteiger charge is 2.20. The summed E-state index contributed by atoms with van der Waals surface area (Å²) in [6, 6.07) is 19.0. The van der Waals surface area contributed by atoms with E-state index in [1.54, 1.807) is 0 Å². The van der Waals surface area contributed by atoms with E-state index in [0.29, 0.717) is 17.9 Å². The van der Waals surface area contributed by atoms with Crippen molar-refractivity contribution in [3.05, 3.63) is 88.4 Å². The number of carbonyl (C=O) groups excluding carboxylic acids is 1. The van der Waals surface area contributed by atoms with Crippen LogP contribution in [-0.2, 0) is 13.1 Å². The molecule has 2 aromatic carbocycles. The Kier molecular flexibility index (Phi) is 6.42. The second-order valence-electron chi connectivity index (χ2n) is 8.26. The molecule has 5 nitrogen and oxygen atoms in total. The van der Waals surface area contributed by atoms with Crippen LogP contribution in [-0.4, -0.2) is 37.0 Å². The van der Waals surface area contributed by atoms with Crippen molar-refractivity contribution in [2.24, 2.45) is 0 Å². The van der Waals surface area contributed by atoms with Gasteiger partial charge in [0.2, 0.25) is 0 Å². The Labute approximate surface area is 184 Å². The Morgan fingerprint density at radius 1 is 0.871 bits per heavy atom. The minimum atomic E-state index is -0.0712. The third kappa shape index (κ3) is 4.83. The Morgan fingerprint density at radius 2 is 1.52 bits per heavy atom. The van der Waals surface area contributed by atoms with Gasteiger partial charge in [-0.05, 0) is 44.0 Å². The summed E-state index contributed by atoms with van der Waals surface area (Å²) in [6.07, 6.45) is 0. The summed E-state index contributed by atoms with van der Waals surface area (Å²) < 4.78 is 5.61. The van der Waals surface area contributed by atoms with Crippen LogP contribution in [0.15, 0.2) is 59.0 Å². The summed E-state index contributed by atoms with van der Waals surface area (Å²) in [4.78, 5) is 17.7. The molecule has 1 N–H and O–H groups in total. The van der Waals surface area contributed by atoms with Crippen LogP contribution in [0, 0.1) is 20.8 Å². The van der Waals surface area contributed by atoms with Crippen molar-refractivity contribution in [2.45, 2.75) is 33.9 Å². The van der Waals surface area contributed by atoms with Gasteiger partial charge in [0.1, 0.15) is 11.5 Å². The number of para-hydroxylation sites is 1. The summed E-state index contributed by atoms with van der Waals surface area (Å²) in [5, 5.41) is 3.09. The quantitative estimate of drug-likeness (QED) is 0.643. The van der Waals surface area contributed by atoms with Crippen molar-refractivity contribution in [1.82, 2.24) is 10.2 Å². The van der Waals surface area contributed by atoms with Gasteiger partial charge in [0, 0.05) is 50.5 Å². The number of nitrogens with one attached hydrogen (secondary N) is 1. The lowest BCUT2D eigenvalue weighted by atomic mass is 10.1. The normalized spacial score (nSPS) is 14.6. The number of furan rings is 1. The highest BCUT2D eigenvalue weighted by atomic mass is 16.3. The number of rotatable bonds is 6. The summed E-state index contributed by atoms with van der Waals surface area (Å²) in [5.74, 6) is 1.41. The first-order valence-corrected chi connectivity index (χ1v) is 11.0. The van der Waals surface area contributed by atoms with Gasteiger partial charge < -0.3 is 14.6 Å². The van der Waals surface area contributed by atoms with Gasteiger partial charge in [0.05, 0.1) is 5.56 Å². The molecule has 0 bridgehead atoms. The van der Waals surface area contributed by atoms with Crippen LogP contribution in [0.4, 0.5) is 5.69 Å². The zero-order chi connectivity index (χ0) is 21.8. The Balaban J connectivity index is 1.36. The van der Waals surface area contributed by atoms with Crippen LogP contribution in [0.25, 0.3) is 0 Å². The molecule has 31 heavy (non-hydrogen) atoms. The molecule has 1 aliphatic heterocycles. The van der Waals surface area contributed by atoms with Gasteiger partial charge in [-0.25, -0.2) is 0 Å². The van der Waals surface area contributed by atoms with Gasteiger partial charge >= 0.3 is 0 Å². The molecule has 1 aromatic heterocycles. The summed E-state index contributed by atoms with van der Waals surface area (Å²) in [7, 11) is 0. The molecule has 5 heteroatoms. The second kappa shape index (κ2) is 9.40. The fourth-order valence-corrected chi connectivity index (χ4v) is 4.32. The number of piperazine rings is 1. The predicted octanol–water partition coefficient (Wildman–Crippen LogP) is 4.46. The molecular formula is C26H31N3O2. The topological polar surface area (TPSA) is 48.7 Å². The SMILES string of the molecule is Cc1oc(C)c(C(=O)NCc2ccccc2CN2CCN(c3ccccc3)CC2)c1C. The molecule has 0 unspecified atom stereocenters. The molecule has 0 radical (unpaired) electrons. The molecule has 2 heterocycles. The Hall–Kier alpha value is -3.05. The zero-order valence-electron chi connectivity index (χ0n) is 18.6. The first-order valence-electron chi connectivity index (χ1n) is 11.0. The number of aryl methyl sites for hydroxylation is 2. The summed E-state index contributed by atoms with van der Waals surface area (Å²) >= 11 is 0. The Morgan fingerprint density at radius 3 is 2.16 bits per heavy atom. The van der Waals surface area contributed by atoms with E-state index in [2.05, 4.69) is 63.6 Å². The summed E-state index contributed by atoms with van der Waals surface area (Å²) in [6.45, 7) is 11.2. The van der Waals surface area contributed by atoms with Crippen molar-refractivity contribution in [2.75, 3.05) is 31.1 Å². The maximum atomic E-state index is 12.8. The minimum absolute atomic E-state index is 0.0712. The fourth-order valence-electron chi connectivity index (χ4n) is 4.32. The van der Waals surface area contributed by atoms with Gasteiger partial charge in [-0.3, -0.25) is 9.69 Å². The lowest BCUT2D eigenvalue weighted by Gasteiger charge is -2.36. The molecule has 4 rings (SSSR count). The lowest BCUT2D eigenvalue weighted by molar-refractivity contribution is 0.0948. The van der Waals surface area contributed by atoms with Gasteiger partial charge in [-0.2, -0.15) is 0 Å². The molecule has 0 spiro atoms. The van der Waals surface area contributed by atoms with Gasteiger partial charge in [0.15, 0.2) is 0 Å². The molecule has 0 aliphatic carbocycles. The molecule has 0 saturated carbocycles. The van der Waals surface area contributed by atoms with E-state index < -0.39 is 0 Å². The number of carbonyl (C=O) groups is 1. The van der Waals surface area contributed by atoms with Crippen LogP contribution in [0.5, 0.6) is 0 Å². The monoisotopic (exact) mass is 417 g/mol. The standard InChI is InChI=1S/C26H31N3O2/c1-19-20(2)31-21(3)25(19)26(30)27-17-22-9-7-8-10-23(22)18-28-13-15-29(16-14-28)24-11-5-4-6-12-24/h4-12H,13-18H2,1-3H3,(H,27,30). The molecule has 0 atom stereocenters. The van der Waals surface area contributed by atoms with Crippen LogP contribution < -0.4 is 10.2 Å². The van der Waals surface area contributed by atoms with Gasteiger partial charge in [-0.15, -0.1) is 0 Å². The third-order valence-corrected chi connectivity index (χ3v) is 6.23. The van der Waals surface area contributed by atoms with Crippen molar-refractivity contribution in [3.8, 4) is 0 Å². The maximum absolute atomic E-state index is 12.8. The van der Waals surface area contributed by atoms with Gasteiger partial charge in [-0.1, -0.05) is 42.5 Å². The number of amides is 1. The van der Waals surface area contributed by atoms with E-state index in [0.717, 1.165) is 49.6 Å². The average molecular weight is 418 g/mol. The first kappa shape index (κ1) is 21.2. The summed E-state index contributed by atoms with van der Waals surface area (Å²) in [5.41, 5.74) is 5.31. The largest absolute Gasteiger partial charge is 0.466 e. The maximum Gasteiger partial charge on any atom is 0.255 e. The van der Waals surface area contributed by atoms with Crippen LogP contribution in [0.3, 0.4) is 0 Å². The first-order chi connectivity index (χ1) is 15.0. The van der Waals surface area contributed by atoms with E-state index in [9.17, 15) is 4.79 Å². The average Bonchev–Trinajstić information content (AvgIpc) is 3.05. The fraction of sp³-hybridized carbons (Fsp3) is 0.346. The number of hydrogen-bond acceptors (Lipinski definition) is 4. The van der Waals surface area contributed by atoms with Crippen molar-refractivity contribution < 1.29 is 9.21 Å². The van der Waals surface area contributed by atoms with Crippen LogP contribution >= 0.6 is 0 Å². The molecular weight excluding hydrogens is 386 g/mol. The molecule has 3 aromatic rings. The predicted molar refractivity (Wildman–Crippen MR) is 124 cm³/mol. The highest BCUT2D eigenvalue weighted by Crippen LogP contribution is 2.21. The molecule has 162 valence electrons. The minimum Gasteiger partial charge on any atom is -0.466 e. The second-order valence-corrected chi connectivity index (χ2v) is 8.26. The van der Waals surface area contributed by atoms with Crippen LogP contribution in [0.2, 0.25) is 0 Å². The van der Waals surface area contributed by atoms with E-state index in [4.69, 9.17) is 4.42 Å². The number of benzene rings is 2. The molecule has 1 fully saturated rings. The molecule has 1 amide bonds. The smallest absolute Gasteiger partial charge is 0.255 e. The van der Waals surface area contributed by atoms with E-state index in [-0.39, 0.29) is 5.91 Å². The van der Waals surface area contributed by atoms with Crippen molar-refractivity contribution >= 4 is 11.6 Å². The lowest BCUT2D eigenvalue weighted by Crippen LogP contribution is -2.46. The van der Waals surface area contributed by atoms with E-state index in [1.807, 2.05) is 26.8 Å². The number of anilines is 1. The van der Waals surface area contributed by atoms with Crippen molar-refractivity contribution in [1.29, 1.82) is 0 Å². The van der Waals surface area contributed by atoms with Crippen LogP contribution in [0.1, 0.15) is 38.6 Å². The number of nitrogens with zero attached hydrogens (tertiary/aromatic N) is 2. The highest BCUT2D eigenvalue weighted by molar-refractivity contribution is 5.96. The Bertz CT molecular complexity index is 1030. The van der Waals surface area contributed by atoms with E-state index >= 15 is 0 Å². The van der Waals surface area contributed by atoms with Gasteiger partial charge in [0.25, 0.3) is 5.91 Å². The third-order valence-electron chi connectivity index (χ3n) is 6.23. The zero-order valence-corrected chi connectivity index (χ0v) is 18.6. The molecule has 1 saturated heterocycles. The van der Waals surface area contributed by atoms with Crippen molar-refractivity contribution in [3.63, 3.8) is 0 Å². The van der Waals surface area contributed by atoms with E-state index in [1.165, 1.54) is 11.3 Å². The molecule has 1 aliphatic rings. The number of hydrogen-bond donors (Lipinski definition) is 1.